The van der Waals surface area contributed by atoms with Crippen LogP contribution >= 0.6 is 15.9 Å². The fourth-order valence-corrected chi connectivity index (χ4v) is 2.24. The lowest BCUT2D eigenvalue weighted by molar-refractivity contribution is 0.0685. The second kappa shape index (κ2) is 3.23. The van der Waals surface area contributed by atoms with Crippen molar-refractivity contribution in [1.82, 2.24) is 0 Å². The Labute approximate surface area is 96.2 Å². The molecule has 0 saturated heterocycles. The molecule has 0 aromatic heterocycles. The van der Waals surface area contributed by atoms with E-state index in [1.807, 2.05) is 13.8 Å². The van der Waals surface area contributed by atoms with E-state index < -0.39 is 5.97 Å². The lowest BCUT2D eigenvalue weighted by Gasteiger charge is -2.17. The van der Waals surface area contributed by atoms with Crippen LogP contribution in [0.4, 0.5) is 0 Å². The monoisotopic (exact) mass is 270 g/mol. The van der Waals surface area contributed by atoms with Gasteiger partial charge in [0.1, 0.15) is 16.9 Å². The van der Waals surface area contributed by atoms with Gasteiger partial charge < -0.3 is 9.84 Å². The highest BCUT2D eigenvalue weighted by molar-refractivity contribution is 9.10. The van der Waals surface area contributed by atoms with Crippen molar-refractivity contribution in [3.8, 4) is 5.75 Å². The molecular weight excluding hydrogens is 260 g/mol. The van der Waals surface area contributed by atoms with Gasteiger partial charge >= 0.3 is 5.97 Å². The van der Waals surface area contributed by atoms with E-state index in [2.05, 4.69) is 15.9 Å². The van der Waals surface area contributed by atoms with E-state index in [1.165, 1.54) is 0 Å². The van der Waals surface area contributed by atoms with E-state index in [0.29, 0.717) is 5.75 Å². The molecule has 0 aliphatic carbocycles. The third kappa shape index (κ3) is 1.74. The van der Waals surface area contributed by atoms with E-state index in [-0.39, 0.29) is 11.2 Å². The van der Waals surface area contributed by atoms with E-state index in [1.54, 1.807) is 12.1 Å². The van der Waals surface area contributed by atoms with Crippen molar-refractivity contribution in [2.24, 2.45) is 0 Å². The molecule has 0 amide bonds. The van der Waals surface area contributed by atoms with Gasteiger partial charge in [-0.05, 0) is 26.0 Å². The molecule has 0 atom stereocenters. The Morgan fingerprint density at radius 2 is 2.20 bits per heavy atom. The molecule has 1 N–H and O–H groups in total. The van der Waals surface area contributed by atoms with Gasteiger partial charge in [-0.1, -0.05) is 15.9 Å². The summed E-state index contributed by atoms with van der Waals surface area (Å²) in [5.74, 6) is -0.446. The number of halogens is 1. The van der Waals surface area contributed by atoms with Crippen LogP contribution in [0.5, 0.6) is 5.75 Å². The van der Waals surface area contributed by atoms with Crippen LogP contribution < -0.4 is 4.74 Å². The zero-order valence-corrected chi connectivity index (χ0v) is 10.1. The highest BCUT2D eigenvalue weighted by Gasteiger charge is 2.34. The Kier molecular flexibility index (Phi) is 2.26. The number of carboxylic acids is 1. The Morgan fingerprint density at radius 1 is 1.53 bits per heavy atom. The highest BCUT2D eigenvalue weighted by atomic mass is 79.9. The van der Waals surface area contributed by atoms with Crippen LogP contribution in [-0.4, -0.2) is 16.7 Å². The number of hydrogen-bond acceptors (Lipinski definition) is 2. The minimum atomic E-state index is -0.948. The molecule has 1 aromatic carbocycles. The van der Waals surface area contributed by atoms with E-state index in [9.17, 15) is 4.79 Å². The van der Waals surface area contributed by atoms with Crippen LogP contribution in [0.1, 0.15) is 29.8 Å². The van der Waals surface area contributed by atoms with Crippen molar-refractivity contribution in [2.45, 2.75) is 25.9 Å². The molecule has 15 heavy (non-hydrogen) atoms. The normalized spacial score (nSPS) is 17.0. The molecular formula is C11H11BrO3. The average molecular weight is 271 g/mol. The molecule has 1 heterocycles. The first-order valence-electron chi connectivity index (χ1n) is 4.64. The lowest BCUT2D eigenvalue weighted by Crippen LogP contribution is -2.25. The minimum Gasteiger partial charge on any atom is -0.486 e. The van der Waals surface area contributed by atoms with Crippen LogP contribution in [0.25, 0.3) is 0 Å². The quantitative estimate of drug-likeness (QED) is 0.854. The number of carbonyl (C=O) groups is 1. The van der Waals surface area contributed by atoms with Crippen LogP contribution in [0.3, 0.4) is 0 Å². The zero-order valence-electron chi connectivity index (χ0n) is 8.50. The zero-order chi connectivity index (χ0) is 11.2. The molecule has 0 spiro atoms. The van der Waals surface area contributed by atoms with Crippen molar-refractivity contribution >= 4 is 21.9 Å². The smallest absolute Gasteiger partial charge is 0.339 e. The van der Waals surface area contributed by atoms with Crippen LogP contribution in [0, 0.1) is 0 Å². The number of aromatic carboxylic acids is 1. The number of hydrogen-bond donors (Lipinski definition) is 1. The predicted octanol–water partition coefficient (Wildman–Crippen LogP) is 2.86. The van der Waals surface area contributed by atoms with Gasteiger partial charge in [0, 0.05) is 16.5 Å². The third-order valence-corrected chi connectivity index (χ3v) is 3.16. The summed E-state index contributed by atoms with van der Waals surface area (Å²) in [4.78, 5) is 11.0. The maximum absolute atomic E-state index is 11.0. The second-order valence-electron chi connectivity index (χ2n) is 4.25. The molecule has 3 nitrogen and oxygen atoms in total. The molecule has 0 radical (unpaired) electrons. The van der Waals surface area contributed by atoms with Crippen LogP contribution in [-0.2, 0) is 6.42 Å². The van der Waals surface area contributed by atoms with Crippen molar-refractivity contribution < 1.29 is 14.6 Å². The molecule has 0 bridgehead atoms. The summed E-state index contributed by atoms with van der Waals surface area (Å²) in [7, 11) is 0. The van der Waals surface area contributed by atoms with Gasteiger partial charge in [0.2, 0.25) is 0 Å². The van der Waals surface area contributed by atoms with Gasteiger partial charge in [0.15, 0.2) is 0 Å². The maximum Gasteiger partial charge on any atom is 0.339 e. The van der Waals surface area contributed by atoms with E-state index >= 15 is 0 Å². The number of rotatable bonds is 1. The Hall–Kier alpha value is -1.03. The molecule has 0 fully saturated rings. The minimum absolute atomic E-state index is 0.235. The van der Waals surface area contributed by atoms with Gasteiger partial charge in [-0.25, -0.2) is 4.79 Å². The van der Waals surface area contributed by atoms with Crippen LogP contribution in [0.15, 0.2) is 16.6 Å². The lowest BCUT2D eigenvalue weighted by atomic mass is 10.0. The maximum atomic E-state index is 11.0. The van der Waals surface area contributed by atoms with E-state index in [4.69, 9.17) is 9.84 Å². The Balaban J connectivity index is 2.60. The molecule has 4 heteroatoms. The summed E-state index contributed by atoms with van der Waals surface area (Å²) >= 11 is 3.41. The third-order valence-electron chi connectivity index (χ3n) is 2.41. The molecule has 0 saturated carbocycles. The standard InChI is InChI=1S/C11H11BrO3/c1-11(2)5-7-8(12)4-3-6(10(13)14)9(7)15-11/h3-4H,5H2,1-2H3,(H,13,14). The Morgan fingerprint density at radius 3 is 2.80 bits per heavy atom. The highest BCUT2D eigenvalue weighted by Crippen LogP contribution is 2.41. The largest absolute Gasteiger partial charge is 0.486 e. The van der Waals surface area contributed by atoms with Crippen molar-refractivity contribution in [2.75, 3.05) is 0 Å². The molecule has 80 valence electrons. The van der Waals surface area contributed by atoms with Crippen molar-refractivity contribution in [3.63, 3.8) is 0 Å². The summed E-state index contributed by atoms with van der Waals surface area (Å²) in [5, 5.41) is 9.01. The van der Waals surface area contributed by atoms with Gasteiger partial charge in [-0.15, -0.1) is 0 Å². The second-order valence-corrected chi connectivity index (χ2v) is 5.10. The molecule has 1 aliphatic heterocycles. The number of benzene rings is 1. The van der Waals surface area contributed by atoms with Gasteiger partial charge in [0.05, 0.1) is 0 Å². The number of ether oxygens (including phenoxy) is 1. The first-order chi connectivity index (χ1) is 6.91. The SMILES string of the molecule is CC1(C)Cc2c(Br)ccc(C(=O)O)c2O1. The average Bonchev–Trinajstić information content (AvgIpc) is 2.41. The van der Waals surface area contributed by atoms with Crippen molar-refractivity contribution in [1.29, 1.82) is 0 Å². The summed E-state index contributed by atoms with van der Waals surface area (Å²) in [6.45, 7) is 3.90. The first kappa shape index (κ1) is 10.5. The molecule has 2 rings (SSSR count). The summed E-state index contributed by atoms with van der Waals surface area (Å²) < 4.78 is 6.57. The molecule has 1 aliphatic rings. The summed E-state index contributed by atoms with van der Waals surface area (Å²) in [6, 6.07) is 3.32. The van der Waals surface area contributed by atoms with Gasteiger partial charge in [-0.2, -0.15) is 0 Å². The number of carboxylic acid groups (broad SMARTS) is 1. The first-order valence-corrected chi connectivity index (χ1v) is 5.44. The number of fused-ring (bicyclic) bond motifs is 1. The summed E-state index contributed by atoms with van der Waals surface area (Å²) in [5.41, 5.74) is 0.856. The predicted molar refractivity (Wildman–Crippen MR) is 59.5 cm³/mol. The van der Waals surface area contributed by atoms with Crippen LogP contribution in [0.2, 0.25) is 0 Å². The van der Waals surface area contributed by atoms with Crippen molar-refractivity contribution in [3.05, 3.63) is 27.7 Å². The molecule has 1 aromatic rings. The molecule has 0 unspecified atom stereocenters. The van der Waals surface area contributed by atoms with Gasteiger partial charge in [0.25, 0.3) is 0 Å². The topological polar surface area (TPSA) is 46.5 Å². The fourth-order valence-electron chi connectivity index (χ4n) is 1.79. The van der Waals surface area contributed by atoms with E-state index in [0.717, 1.165) is 16.5 Å². The Bertz CT molecular complexity index is 438. The fraction of sp³-hybridized carbons (Fsp3) is 0.364. The summed E-state index contributed by atoms with van der Waals surface area (Å²) in [6.07, 6.45) is 0.726. The van der Waals surface area contributed by atoms with Gasteiger partial charge in [-0.3, -0.25) is 0 Å².